The Morgan fingerprint density at radius 2 is 2.00 bits per heavy atom. The van der Waals surface area contributed by atoms with E-state index in [1.54, 1.807) is 23.0 Å². The number of nitrogens with zero attached hydrogens (tertiary/aromatic N) is 4. The molecule has 0 saturated carbocycles. The van der Waals surface area contributed by atoms with Crippen LogP contribution in [0.3, 0.4) is 0 Å². The van der Waals surface area contributed by atoms with Crippen molar-refractivity contribution < 1.29 is 4.39 Å². The average molecular weight is 400 g/mol. The summed E-state index contributed by atoms with van der Waals surface area (Å²) >= 11 is 3.51. The van der Waals surface area contributed by atoms with E-state index in [1.165, 1.54) is 12.1 Å². The Kier molecular flexibility index (Phi) is 3.68. The summed E-state index contributed by atoms with van der Waals surface area (Å²) in [6.07, 6.45) is 3.45. The first kappa shape index (κ1) is 16.0. The van der Waals surface area contributed by atoms with Gasteiger partial charge in [0.25, 0.3) is 0 Å². The topological polar surface area (TPSA) is 69.1 Å². The second-order valence-corrected chi connectivity index (χ2v) is 7.00. The van der Waals surface area contributed by atoms with Crippen LogP contribution in [0.5, 0.6) is 0 Å². The summed E-state index contributed by atoms with van der Waals surface area (Å²) in [7, 11) is 0. The Bertz CT molecular complexity index is 1120. The Labute approximate surface area is 151 Å². The van der Waals surface area contributed by atoms with Gasteiger partial charge in [-0.3, -0.25) is 4.98 Å². The standard InChI is InChI=1S/C18H15BrFN5/c1-9(2)16-15(19)17(21)25-18(24-16)13(8-23-25)11-5-10-6-12(20)3-4-14(10)22-7-11/h3-9H,21H2,1-2H3. The van der Waals surface area contributed by atoms with Gasteiger partial charge in [-0.15, -0.1) is 0 Å². The van der Waals surface area contributed by atoms with Crippen LogP contribution in [0, 0.1) is 5.82 Å². The van der Waals surface area contributed by atoms with Gasteiger partial charge in [0.1, 0.15) is 11.6 Å². The lowest BCUT2D eigenvalue weighted by molar-refractivity contribution is 0.629. The molecule has 0 fully saturated rings. The van der Waals surface area contributed by atoms with Crippen molar-refractivity contribution in [1.29, 1.82) is 0 Å². The quantitative estimate of drug-likeness (QED) is 0.536. The summed E-state index contributed by atoms with van der Waals surface area (Å²) in [5.74, 6) is 0.410. The van der Waals surface area contributed by atoms with E-state index < -0.39 is 0 Å². The van der Waals surface area contributed by atoms with E-state index in [2.05, 4.69) is 39.9 Å². The fraction of sp³-hybridized carbons (Fsp3) is 0.167. The van der Waals surface area contributed by atoms with E-state index in [4.69, 9.17) is 10.7 Å². The molecule has 7 heteroatoms. The molecule has 0 spiro atoms. The second-order valence-electron chi connectivity index (χ2n) is 6.21. The van der Waals surface area contributed by atoms with E-state index in [1.807, 2.05) is 6.07 Å². The SMILES string of the molecule is CC(C)c1nc2c(-c3cnc4ccc(F)cc4c3)cnn2c(N)c1Br. The molecule has 1 aromatic carbocycles. The largest absolute Gasteiger partial charge is 0.383 e. The lowest BCUT2D eigenvalue weighted by Gasteiger charge is -2.11. The highest BCUT2D eigenvalue weighted by atomic mass is 79.9. The fourth-order valence-corrected chi connectivity index (χ4v) is 3.56. The number of hydrogen-bond donors (Lipinski definition) is 1. The summed E-state index contributed by atoms with van der Waals surface area (Å²) in [5.41, 5.74) is 10.1. The van der Waals surface area contributed by atoms with Crippen molar-refractivity contribution in [2.45, 2.75) is 19.8 Å². The maximum atomic E-state index is 13.5. The number of anilines is 1. The first-order valence-corrected chi connectivity index (χ1v) is 8.63. The Morgan fingerprint density at radius 3 is 2.76 bits per heavy atom. The van der Waals surface area contributed by atoms with Gasteiger partial charge in [0.05, 0.1) is 21.9 Å². The fourth-order valence-electron chi connectivity index (χ4n) is 2.85. The van der Waals surface area contributed by atoms with Gasteiger partial charge in [-0.25, -0.2) is 9.37 Å². The number of hydrogen-bond acceptors (Lipinski definition) is 4. The molecule has 2 N–H and O–H groups in total. The van der Waals surface area contributed by atoms with Gasteiger partial charge >= 0.3 is 0 Å². The number of rotatable bonds is 2. The molecule has 0 unspecified atom stereocenters. The smallest absolute Gasteiger partial charge is 0.165 e. The maximum absolute atomic E-state index is 13.5. The van der Waals surface area contributed by atoms with E-state index in [-0.39, 0.29) is 11.7 Å². The average Bonchev–Trinajstić information content (AvgIpc) is 3.01. The Hall–Kier alpha value is -2.54. The monoisotopic (exact) mass is 399 g/mol. The molecule has 0 radical (unpaired) electrons. The van der Waals surface area contributed by atoms with Crippen molar-refractivity contribution in [3.63, 3.8) is 0 Å². The first-order chi connectivity index (χ1) is 12.0. The summed E-state index contributed by atoms with van der Waals surface area (Å²) in [5, 5.41) is 5.08. The van der Waals surface area contributed by atoms with Crippen molar-refractivity contribution in [3.05, 3.63) is 52.6 Å². The van der Waals surface area contributed by atoms with Gasteiger partial charge in [-0.1, -0.05) is 13.8 Å². The predicted octanol–water partition coefficient (Wildman–Crippen LogP) is 4.55. The number of benzene rings is 1. The molecule has 0 aliphatic carbocycles. The van der Waals surface area contributed by atoms with E-state index in [0.29, 0.717) is 11.5 Å². The lowest BCUT2D eigenvalue weighted by Crippen LogP contribution is -2.06. The minimum Gasteiger partial charge on any atom is -0.383 e. The first-order valence-electron chi connectivity index (χ1n) is 7.84. The molecule has 4 rings (SSSR count). The number of nitrogen functional groups attached to an aromatic ring is 1. The molecule has 0 amide bonds. The highest BCUT2D eigenvalue weighted by molar-refractivity contribution is 9.10. The third-order valence-corrected chi connectivity index (χ3v) is 4.96. The second kappa shape index (κ2) is 5.77. The molecule has 0 aliphatic rings. The normalized spacial score (nSPS) is 11.7. The molecule has 3 aromatic heterocycles. The van der Waals surface area contributed by atoms with E-state index in [0.717, 1.165) is 32.2 Å². The number of nitrogens with two attached hydrogens (primary N) is 1. The summed E-state index contributed by atoms with van der Waals surface area (Å²) in [6.45, 7) is 4.11. The van der Waals surface area contributed by atoms with E-state index in [9.17, 15) is 4.39 Å². The number of pyridine rings is 1. The van der Waals surface area contributed by atoms with Crippen LogP contribution in [-0.4, -0.2) is 19.6 Å². The van der Waals surface area contributed by atoms with Crippen molar-refractivity contribution in [2.24, 2.45) is 0 Å². The van der Waals surface area contributed by atoms with Crippen LogP contribution in [0.2, 0.25) is 0 Å². The van der Waals surface area contributed by atoms with E-state index >= 15 is 0 Å². The van der Waals surface area contributed by atoms with Gasteiger partial charge in [0.2, 0.25) is 0 Å². The molecule has 4 aromatic rings. The van der Waals surface area contributed by atoms with Crippen molar-refractivity contribution in [3.8, 4) is 11.1 Å². The number of aromatic nitrogens is 4. The highest BCUT2D eigenvalue weighted by Crippen LogP contribution is 2.33. The molecule has 0 atom stereocenters. The van der Waals surface area contributed by atoms with Gasteiger partial charge in [-0.2, -0.15) is 9.61 Å². The molecule has 126 valence electrons. The minimum absolute atomic E-state index is 0.202. The minimum atomic E-state index is -0.292. The zero-order valence-corrected chi connectivity index (χ0v) is 15.2. The zero-order valence-electron chi connectivity index (χ0n) is 13.7. The summed E-state index contributed by atoms with van der Waals surface area (Å²) in [6, 6.07) is 6.42. The Morgan fingerprint density at radius 1 is 1.20 bits per heavy atom. The summed E-state index contributed by atoms with van der Waals surface area (Å²) < 4.78 is 15.9. The van der Waals surface area contributed by atoms with Gasteiger partial charge < -0.3 is 5.73 Å². The van der Waals surface area contributed by atoms with Gasteiger partial charge in [0, 0.05) is 22.7 Å². The van der Waals surface area contributed by atoms with Crippen LogP contribution in [0.15, 0.2) is 41.1 Å². The molecule has 0 aliphatic heterocycles. The van der Waals surface area contributed by atoms with Crippen molar-refractivity contribution in [2.75, 3.05) is 5.73 Å². The van der Waals surface area contributed by atoms with Gasteiger partial charge in [-0.05, 0) is 46.1 Å². The third-order valence-electron chi connectivity index (χ3n) is 4.15. The third kappa shape index (κ3) is 2.55. The lowest BCUT2D eigenvalue weighted by atomic mass is 10.1. The molecule has 5 nitrogen and oxygen atoms in total. The highest BCUT2D eigenvalue weighted by Gasteiger charge is 2.18. The maximum Gasteiger partial charge on any atom is 0.165 e. The van der Waals surface area contributed by atoms with Crippen LogP contribution in [0.25, 0.3) is 27.7 Å². The van der Waals surface area contributed by atoms with Crippen LogP contribution in [0.1, 0.15) is 25.5 Å². The predicted molar refractivity (Wildman–Crippen MR) is 99.9 cm³/mol. The van der Waals surface area contributed by atoms with Crippen LogP contribution in [0.4, 0.5) is 10.2 Å². The molecule has 25 heavy (non-hydrogen) atoms. The zero-order chi connectivity index (χ0) is 17.7. The Balaban J connectivity index is 1.98. The van der Waals surface area contributed by atoms with Crippen LogP contribution >= 0.6 is 15.9 Å². The number of fused-ring (bicyclic) bond motifs is 2. The van der Waals surface area contributed by atoms with Crippen molar-refractivity contribution >= 4 is 38.3 Å². The van der Waals surface area contributed by atoms with Crippen LogP contribution < -0.4 is 5.73 Å². The number of halogens is 2. The van der Waals surface area contributed by atoms with Crippen molar-refractivity contribution in [1.82, 2.24) is 19.6 Å². The molecular formula is C18H15BrFN5. The molecule has 3 heterocycles. The summed E-state index contributed by atoms with van der Waals surface area (Å²) in [4.78, 5) is 9.15. The van der Waals surface area contributed by atoms with Gasteiger partial charge in [0.15, 0.2) is 5.65 Å². The van der Waals surface area contributed by atoms with Crippen LogP contribution in [-0.2, 0) is 0 Å². The molecular weight excluding hydrogens is 385 g/mol. The molecule has 0 bridgehead atoms. The molecule has 0 saturated heterocycles.